The van der Waals surface area contributed by atoms with Crippen molar-refractivity contribution in [3.63, 3.8) is 0 Å². The van der Waals surface area contributed by atoms with E-state index >= 15 is 0 Å². The zero-order valence-electron chi connectivity index (χ0n) is 8.12. The van der Waals surface area contributed by atoms with Crippen LogP contribution in [0.2, 0.25) is 0 Å². The van der Waals surface area contributed by atoms with E-state index in [-0.39, 0.29) is 0 Å². The minimum atomic E-state index is -0.733. The van der Waals surface area contributed by atoms with Crippen molar-refractivity contribution in [3.05, 3.63) is 12.3 Å². The number of nitrogens with zero attached hydrogens (tertiary/aromatic N) is 2. The Hall–Kier alpha value is -1.07. The van der Waals surface area contributed by atoms with Crippen molar-refractivity contribution in [2.45, 2.75) is 12.2 Å². The van der Waals surface area contributed by atoms with E-state index < -0.39 is 5.79 Å². The van der Waals surface area contributed by atoms with Gasteiger partial charge in [0.15, 0.2) is 5.79 Å². The highest BCUT2D eigenvalue weighted by Gasteiger charge is 2.23. The van der Waals surface area contributed by atoms with Crippen molar-refractivity contribution < 1.29 is 0 Å². The van der Waals surface area contributed by atoms with Crippen LogP contribution in [0.3, 0.4) is 0 Å². The van der Waals surface area contributed by atoms with E-state index in [9.17, 15) is 0 Å². The maximum atomic E-state index is 5.94. The zero-order valence-corrected chi connectivity index (χ0v) is 8.12. The Labute approximate surface area is 78.5 Å². The van der Waals surface area contributed by atoms with Gasteiger partial charge in [0.1, 0.15) is 5.84 Å². The first-order valence-corrected chi connectivity index (χ1v) is 4.25. The molecule has 0 aromatic heterocycles. The molecule has 0 aromatic rings. The standard InChI is InChI=1S/C8H17N5/c1-13(2)6-4-8(10)11-5-3-7(9)12-8/h3,5,11H,4,6,10H2,1-2H3,(H2,9,12). The van der Waals surface area contributed by atoms with Crippen LogP contribution in [0.25, 0.3) is 0 Å². The van der Waals surface area contributed by atoms with Crippen LogP contribution in [-0.2, 0) is 0 Å². The van der Waals surface area contributed by atoms with Crippen LogP contribution in [0.1, 0.15) is 6.42 Å². The lowest BCUT2D eigenvalue weighted by Crippen LogP contribution is -2.53. The number of aliphatic imine (C=N–C) groups is 1. The molecule has 5 nitrogen and oxygen atoms in total. The fraction of sp³-hybridized carbons (Fsp3) is 0.625. The third kappa shape index (κ3) is 3.04. The van der Waals surface area contributed by atoms with Crippen LogP contribution >= 0.6 is 0 Å². The third-order valence-electron chi connectivity index (χ3n) is 1.86. The molecule has 1 heterocycles. The summed E-state index contributed by atoms with van der Waals surface area (Å²) in [5, 5.41) is 2.98. The SMILES string of the molecule is CN(C)CCC1(N)N=C(N)C=CN1. The van der Waals surface area contributed by atoms with Gasteiger partial charge in [-0.1, -0.05) is 0 Å². The molecule has 1 rings (SSSR count). The van der Waals surface area contributed by atoms with E-state index in [2.05, 4.69) is 15.2 Å². The lowest BCUT2D eigenvalue weighted by atomic mass is 10.2. The smallest absolute Gasteiger partial charge is 0.185 e. The van der Waals surface area contributed by atoms with E-state index in [1.165, 1.54) is 0 Å². The van der Waals surface area contributed by atoms with Crippen LogP contribution in [0.5, 0.6) is 0 Å². The van der Waals surface area contributed by atoms with E-state index in [0.29, 0.717) is 5.84 Å². The lowest BCUT2D eigenvalue weighted by molar-refractivity contribution is 0.296. The molecule has 0 saturated heterocycles. The van der Waals surface area contributed by atoms with Crippen LogP contribution in [-0.4, -0.2) is 37.2 Å². The second-order valence-corrected chi connectivity index (χ2v) is 3.49. The Bertz CT molecular complexity index is 233. The van der Waals surface area contributed by atoms with Crippen molar-refractivity contribution in [2.75, 3.05) is 20.6 Å². The Morgan fingerprint density at radius 2 is 2.31 bits per heavy atom. The quantitative estimate of drug-likeness (QED) is 0.525. The van der Waals surface area contributed by atoms with Gasteiger partial charge in [-0.15, -0.1) is 0 Å². The highest BCUT2D eigenvalue weighted by atomic mass is 15.3. The molecule has 0 amide bonds. The average molecular weight is 183 g/mol. The number of nitrogens with two attached hydrogens (primary N) is 2. The summed E-state index contributed by atoms with van der Waals surface area (Å²) in [6.45, 7) is 0.869. The Balaban J connectivity index is 2.52. The van der Waals surface area contributed by atoms with E-state index in [0.717, 1.165) is 13.0 Å². The van der Waals surface area contributed by atoms with Gasteiger partial charge >= 0.3 is 0 Å². The van der Waals surface area contributed by atoms with Gasteiger partial charge in [0, 0.05) is 19.2 Å². The Morgan fingerprint density at radius 1 is 1.62 bits per heavy atom. The molecular formula is C8H17N5. The van der Waals surface area contributed by atoms with Crippen molar-refractivity contribution in [3.8, 4) is 0 Å². The van der Waals surface area contributed by atoms with Gasteiger partial charge in [0.25, 0.3) is 0 Å². The summed E-state index contributed by atoms with van der Waals surface area (Å²) in [7, 11) is 3.99. The molecule has 0 saturated carbocycles. The van der Waals surface area contributed by atoms with Gasteiger partial charge < -0.3 is 16.0 Å². The van der Waals surface area contributed by atoms with Gasteiger partial charge in [-0.25, -0.2) is 4.99 Å². The van der Waals surface area contributed by atoms with Crippen molar-refractivity contribution >= 4 is 5.84 Å². The summed E-state index contributed by atoms with van der Waals surface area (Å²) in [5.74, 6) is -0.261. The molecule has 0 bridgehead atoms. The minimum absolute atomic E-state index is 0.472. The molecule has 0 aliphatic carbocycles. The van der Waals surface area contributed by atoms with Crippen molar-refractivity contribution in [1.82, 2.24) is 10.2 Å². The number of hydrogen-bond donors (Lipinski definition) is 3. The first-order valence-electron chi connectivity index (χ1n) is 4.25. The van der Waals surface area contributed by atoms with Gasteiger partial charge in [0.2, 0.25) is 0 Å². The zero-order chi connectivity index (χ0) is 9.90. The maximum Gasteiger partial charge on any atom is 0.185 e. The average Bonchev–Trinajstić information content (AvgIpc) is 2.01. The number of amidine groups is 1. The lowest BCUT2D eigenvalue weighted by Gasteiger charge is -2.29. The fourth-order valence-corrected chi connectivity index (χ4v) is 1.09. The van der Waals surface area contributed by atoms with E-state index in [4.69, 9.17) is 11.5 Å². The first-order chi connectivity index (χ1) is 6.02. The Kier molecular flexibility index (Phi) is 2.90. The van der Waals surface area contributed by atoms with Crippen LogP contribution in [0.15, 0.2) is 17.3 Å². The van der Waals surface area contributed by atoms with Crippen LogP contribution in [0, 0.1) is 0 Å². The summed E-state index contributed by atoms with van der Waals surface area (Å²) in [6.07, 6.45) is 4.16. The molecule has 5 N–H and O–H groups in total. The Morgan fingerprint density at radius 3 is 2.85 bits per heavy atom. The number of hydrogen-bond acceptors (Lipinski definition) is 5. The molecule has 1 aliphatic rings. The van der Waals surface area contributed by atoms with Crippen LogP contribution < -0.4 is 16.8 Å². The molecule has 1 atom stereocenters. The molecule has 0 spiro atoms. The second kappa shape index (κ2) is 3.76. The summed E-state index contributed by atoms with van der Waals surface area (Å²) in [5.41, 5.74) is 11.5. The molecule has 0 aromatic carbocycles. The molecule has 0 radical (unpaired) electrons. The van der Waals surface area contributed by atoms with Gasteiger partial charge in [-0.2, -0.15) is 0 Å². The highest BCUT2D eigenvalue weighted by Crippen LogP contribution is 2.08. The predicted octanol–water partition coefficient (Wildman–Crippen LogP) is -0.975. The second-order valence-electron chi connectivity index (χ2n) is 3.49. The predicted molar refractivity (Wildman–Crippen MR) is 54.0 cm³/mol. The molecule has 74 valence electrons. The van der Waals surface area contributed by atoms with E-state index in [1.54, 1.807) is 12.3 Å². The summed E-state index contributed by atoms with van der Waals surface area (Å²) >= 11 is 0. The highest BCUT2D eigenvalue weighted by molar-refractivity contribution is 5.92. The number of rotatable bonds is 3. The fourth-order valence-electron chi connectivity index (χ4n) is 1.09. The van der Waals surface area contributed by atoms with Crippen molar-refractivity contribution in [1.29, 1.82) is 0 Å². The molecule has 1 aliphatic heterocycles. The van der Waals surface area contributed by atoms with Gasteiger partial charge in [-0.05, 0) is 20.2 Å². The number of nitrogens with one attached hydrogen (secondary N) is 1. The molecule has 13 heavy (non-hydrogen) atoms. The molecule has 5 heteroatoms. The van der Waals surface area contributed by atoms with Crippen molar-refractivity contribution in [2.24, 2.45) is 16.5 Å². The normalized spacial score (nSPS) is 27.2. The molecular weight excluding hydrogens is 166 g/mol. The topological polar surface area (TPSA) is 79.7 Å². The molecule has 1 unspecified atom stereocenters. The maximum absolute atomic E-state index is 5.94. The summed E-state index contributed by atoms with van der Waals surface area (Å²) in [6, 6.07) is 0. The monoisotopic (exact) mass is 183 g/mol. The van der Waals surface area contributed by atoms with Crippen LogP contribution in [0.4, 0.5) is 0 Å². The molecule has 0 fully saturated rings. The van der Waals surface area contributed by atoms with Gasteiger partial charge in [0.05, 0.1) is 0 Å². The largest absolute Gasteiger partial charge is 0.384 e. The summed E-state index contributed by atoms with van der Waals surface area (Å²) in [4.78, 5) is 6.19. The van der Waals surface area contributed by atoms with E-state index in [1.807, 2.05) is 14.1 Å². The first kappa shape index (κ1) is 10.0. The minimum Gasteiger partial charge on any atom is -0.384 e. The third-order valence-corrected chi connectivity index (χ3v) is 1.86. The summed E-state index contributed by atoms with van der Waals surface area (Å²) < 4.78 is 0. The van der Waals surface area contributed by atoms with Gasteiger partial charge in [-0.3, -0.25) is 5.73 Å².